The smallest absolute Gasteiger partial charge is 0.118 e. The van der Waals surface area contributed by atoms with Gasteiger partial charge in [-0.25, -0.2) is 0 Å². The van der Waals surface area contributed by atoms with Gasteiger partial charge in [0.1, 0.15) is 11.5 Å². The fourth-order valence-electron chi connectivity index (χ4n) is 1.52. The summed E-state index contributed by atoms with van der Waals surface area (Å²) in [6.07, 6.45) is 1.25. The Bertz CT molecular complexity index is 432. The minimum atomic E-state index is 0.661. The topological polar surface area (TPSA) is 18.5 Å². The molecule has 0 heterocycles. The van der Waals surface area contributed by atoms with Gasteiger partial charge in [0.15, 0.2) is 0 Å². The van der Waals surface area contributed by atoms with Crippen LogP contribution in [0.5, 0.6) is 11.5 Å². The van der Waals surface area contributed by atoms with E-state index in [-0.39, 0.29) is 0 Å². The van der Waals surface area contributed by atoms with Crippen molar-refractivity contribution < 1.29 is 9.47 Å². The second kappa shape index (κ2) is 9.39. The van der Waals surface area contributed by atoms with Gasteiger partial charge >= 0.3 is 0 Å². The van der Waals surface area contributed by atoms with Crippen molar-refractivity contribution in [2.24, 2.45) is 0 Å². The summed E-state index contributed by atoms with van der Waals surface area (Å²) in [5.74, 6) is 1.79. The van der Waals surface area contributed by atoms with Crippen LogP contribution in [0.2, 0.25) is 0 Å². The second-order valence-corrected chi connectivity index (χ2v) is 5.69. The lowest BCUT2D eigenvalue weighted by Gasteiger charge is -2.05. The molecular formula is C17H23O2P. The maximum atomic E-state index is 5.14. The summed E-state index contributed by atoms with van der Waals surface area (Å²) < 4.78 is 10.3. The van der Waals surface area contributed by atoms with E-state index in [0.29, 0.717) is 8.58 Å². The molecule has 0 radical (unpaired) electrons. The van der Waals surface area contributed by atoms with Crippen LogP contribution in [0.3, 0.4) is 0 Å². The number of hydrogen-bond acceptors (Lipinski definition) is 2. The molecule has 2 aromatic rings. The molecule has 108 valence electrons. The summed E-state index contributed by atoms with van der Waals surface area (Å²) in [6.45, 7) is 4.25. The van der Waals surface area contributed by atoms with Gasteiger partial charge in [0, 0.05) is 0 Å². The van der Waals surface area contributed by atoms with Crippen molar-refractivity contribution in [3.05, 3.63) is 48.5 Å². The zero-order chi connectivity index (χ0) is 14.8. The average Bonchev–Trinajstić information content (AvgIpc) is 2.50. The fraction of sp³-hybridized carbons (Fsp3) is 0.294. The molecule has 0 N–H and O–H groups in total. The van der Waals surface area contributed by atoms with Gasteiger partial charge in [0.05, 0.1) is 14.2 Å². The first-order valence-corrected chi connectivity index (χ1v) is 7.78. The third kappa shape index (κ3) is 5.63. The Morgan fingerprint density at radius 1 is 0.700 bits per heavy atom. The lowest BCUT2D eigenvalue weighted by Crippen LogP contribution is -2.02. The summed E-state index contributed by atoms with van der Waals surface area (Å²) in [7, 11) is 4.02. The van der Waals surface area contributed by atoms with Crippen molar-refractivity contribution in [1.29, 1.82) is 0 Å². The second-order valence-electron chi connectivity index (χ2n) is 4.29. The van der Waals surface area contributed by atoms with E-state index in [4.69, 9.17) is 9.47 Å². The van der Waals surface area contributed by atoms with Gasteiger partial charge in [-0.05, 0) is 34.9 Å². The molecule has 2 rings (SSSR count). The Morgan fingerprint density at radius 2 is 1.00 bits per heavy atom. The molecule has 0 bridgehead atoms. The lowest BCUT2D eigenvalue weighted by atomic mass is 10.3. The van der Waals surface area contributed by atoms with Crippen LogP contribution in [-0.2, 0) is 0 Å². The van der Waals surface area contributed by atoms with E-state index in [9.17, 15) is 0 Å². The molecule has 20 heavy (non-hydrogen) atoms. The van der Waals surface area contributed by atoms with Crippen LogP contribution in [0.4, 0.5) is 0 Å². The molecule has 0 fully saturated rings. The van der Waals surface area contributed by atoms with Gasteiger partial charge in [0.25, 0.3) is 0 Å². The van der Waals surface area contributed by atoms with Gasteiger partial charge in [-0.3, -0.25) is 0 Å². The summed E-state index contributed by atoms with van der Waals surface area (Å²) in [5, 5.41) is 2.60. The van der Waals surface area contributed by atoms with Crippen LogP contribution < -0.4 is 20.1 Å². The van der Waals surface area contributed by atoms with Gasteiger partial charge in [0.2, 0.25) is 0 Å². The zero-order valence-electron chi connectivity index (χ0n) is 12.6. The van der Waals surface area contributed by atoms with E-state index in [1.54, 1.807) is 14.2 Å². The summed E-state index contributed by atoms with van der Waals surface area (Å²) in [5.41, 5.74) is 0. The molecule has 3 heteroatoms. The largest absolute Gasteiger partial charge is 0.497 e. The standard InChI is InChI=1S/C14H15O2P.C3H8/c1-15-11-3-7-13(8-4-11)17-14-9-5-12(16-2)6-10-14;1-3-2/h3-10,17H,1-2H3;3H2,1-2H3. The van der Waals surface area contributed by atoms with Gasteiger partial charge in [-0.1, -0.05) is 53.1 Å². The van der Waals surface area contributed by atoms with E-state index < -0.39 is 0 Å². The Hall–Kier alpha value is -1.53. The van der Waals surface area contributed by atoms with Crippen molar-refractivity contribution in [2.45, 2.75) is 20.3 Å². The number of methoxy groups -OCH3 is 2. The molecule has 0 unspecified atom stereocenters. The van der Waals surface area contributed by atoms with Gasteiger partial charge in [-0.15, -0.1) is 0 Å². The number of hydrogen-bond donors (Lipinski definition) is 0. The molecule has 0 saturated carbocycles. The van der Waals surface area contributed by atoms with E-state index >= 15 is 0 Å². The highest BCUT2D eigenvalue weighted by Crippen LogP contribution is 2.16. The highest BCUT2D eigenvalue weighted by Gasteiger charge is 1.98. The Kier molecular flexibility index (Phi) is 7.75. The SMILES string of the molecule is CCC.COc1ccc(Pc2ccc(OC)cc2)cc1. The normalized spacial score (nSPS) is 9.40. The van der Waals surface area contributed by atoms with Crippen molar-refractivity contribution in [1.82, 2.24) is 0 Å². The molecule has 0 aromatic heterocycles. The third-order valence-corrected chi connectivity index (χ3v) is 3.71. The van der Waals surface area contributed by atoms with Crippen molar-refractivity contribution in [3.8, 4) is 11.5 Å². The van der Waals surface area contributed by atoms with Crippen LogP contribution >= 0.6 is 8.58 Å². The minimum absolute atomic E-state index is 0.661. The van der Waals surface area contributed by atoms with Crippen LogP contribution in [0.25, 0.3) is 0 Å². The first-order chi connectivity index (χ1) is 9.73. The lowest BCUT2D eigenvalue weighted by molar-refractivity contribution is 0.415. The number of benzene rings is 2. The van der Waals surface area contributed by atoms with E-state index in [0.717, 1.165) is 11.5 Å². The minimum Gasteiger partial charge on any atom is -0.497 e. The van der Waals surface area contributed by atoms with Crippen LogP contribution in [-0.4, -0.2) is 14.2 Å². The fourth-order valence-corrected chi connectivity index (χ4v) is 2.52. The monoisotopic (exact) mass is 290 g/mol. The molecule has 0 amide bonds. The molecule has 0 aliphatic heterocycles. The van der Waals surface area contributed by atoms with E-state index in [2.05, 4.69) is 38.1 Å². The van der Waals surface area contributed by atoms with Crippen LogP contribution in [0.1, 0.15) is 20.3 Å². The summed E-state index contributed by atoms with van der Waals surface area (Å²) in [6, 6.07) is 16.4. The zero-order valence-corrected chi connectivity index (χ0v) is 13.6. The molecular weight excluding hydrogens is 267 g/mol. The third-order valence-electron chi connectivity index (χ3n) is 2.47. The maximum absolute atomic E-state index is 5.14. The Morgan fingerprint density at radius 3 is 1.25 bits per heavy atom. The summed E-state index contributed by atoms with van der Waals surface area (Å²) >= 11 is 0. The molecule has 0 aliphatic carbocycles. The van der Waals surface area contributed by atoms with Crippen molar-refractivity contribution >= 4 is 19.2 Å². The molecule has 2 nitrogen and oxygen atoms in total. The quantitative estimate of drug-likeness (QED) is 0.798. The highest BCUT2D eigenvalue weighted by molar-refractivity contribution is 7.55. The predicted molar refractivity (Wildman–Crippen MR) is 89.5 cm³/mol. The van der Waals surface area contributed by atoms with E-state index in [1.165, 1.54) is 17.0 Å². The maximum Gasteiger partial charge on any atom is 0.118 e. The Labute approximate surface area is 123 Å². The van der Waals surface area contributed by atoms with Gasteiger partial charge in [-0.2, -0.15) is 0 Å². The summed E-state index contributed by atoms with van der Waals surface area (Å²) in [4.78, 5) is 0. The predicted octanol–water partition coefficient (Wildman–Crippen LogP) is 3.75. The van der Waals surface area contributed by atoms with Crippen molar-refractivity contribution in [2.75, 3.05) is 14.2 Å². The molecule has 0 atom stereocenters. The van der Waals surface area contributed by atoms with Crippen LogP contribution in [0.15, 0.2) is 48.5 Å². The molecule has 0 aliphatic rings. The number of rotatable bonds is 4. The highest BCUT2D eigenvalue weighted by atomic mass is 31.1. The van der Waals surface area contributed by atoms with Gasteiger partial charge < -0.3 is 9.47 Å². The molecule has 0 spiro atoms. The molecule has 2 aromatic carbocycles. The first-order valence-electron chi connectivity index (χ1n) is 6.78. The number of ether oxygens (including phenoxy) is 2. The Balaban J connectivity index is 0.000000612. The average molecular weight is 290 g/mol. The molecule has 0 saturated heterocycles. The van der Waals surface area contributed by atoms with Crippen LogP contribution in [0, 0.1) is 0 Å². The first kappa shape index (κ1) is 16.5. The van der Waals surface area contributed by atoms with E-state index in [1.807, 2.05) is 24.3 Å². The van der Waals surface area contributed by atoms with Crippen molar-refractivity contribution in [3.63, 3.8) is 0 Å².